The average Bonchev–Trinajstić information content (AvgIpc) is 2.85. The van der Waals surface area contributed by atoms with E-state index in [0.29, 0.717) is 17.9 Å². The van der Waals surface area contributed by atoms with Crippen LogP contribution in [0, 0.1) is 25.2 Å². The van der Waals surface area contributed by atoms with Crippen LogP contribution in [0.25, 0.3) is 0 Å². The first kappa shape index (κ1) is 16.2. The van der Waals surface area contributed by atoms with Crippen molar-refractivity contribution in [2.24, 2.45) is 0 Å². The van der Waals surface area contributed by atoms with Gasteiger partial charge in [-0.2, -0.15) is 5.26 Å². The molecule has 0 spiro atoms. The van der Waals surface area contributed by atoms with Gasteiger partial charge < -0.3 is 10.3 Å². The van der Waals surface area contributed by atoms with E-state index >= 15 is 0 Å². The smallest absolute Gasteiger partial charge is 0.123 e. The number of nitrogens with two attached hydrogens (primary N) is 1. The summed E-state index contributed by atoms with van der Waals surface area (Å²) in [4.78, 5) is 1.11. The van der Waals surface area contributed by atoms with Gasteiger partial charge in [-0.3, -0.25) is 0 Å². The summed E-state index contributed by atoms with van der Waals surface area (Å²) in [6.07, 6.45) is 0. The van der Waals surface area contributed by atoms with Gasteiger partial charge >= 0.3 is 0 Å². The second-order valence-electron chi connectivity index (χ2n) is 5.89. The number of aryl methyl sites for hydroxylation is 2. The van der Waals surface area contributed by atoms with Crippen molar-refractivity contribution in [3.8, 4) is 6.07 Å². The molecule has 0 aliphatic carbocycles. The Labute approximate surface area is 146 Å². The molecule has 0 aliphatic heterocycles. The number of rotatable bonds is 4. The van der Waals surface area contributed by atoms with Gasteiger partial charge in [-0.25, -0.2) is 0 Å². The fourth-order valence-corrected chi connectivity index (χ4v) is 3.57. The quantitative estimate of drug-likeness (QED) is 0.749. The lowest BCUT2D eigenvalue weighted by Crippen LogP contribution is -2.04. The van der Waals surface area contributed by atoms with E-state index in [4.69, 9.17) is 5.73 Å². The maximum absolute atomic E-state index is 9.46. The SMILES string of the molecule is Cc1ccc(Sc2c(N)cc(C#N)n2Cc2cccc(C)c2)cc1. The highest BCUT2D eigenvalue weighted by molar-refractivity contribution is 7.99. The predicted octanol–water partition coefficient (Wildman–Crippen LogP) is 4.76. The Morgan fingerprint density at radius 3 is 2.46 bits per heavy atom. The van der Waals surface area contributed by atoms with E-state index in [9.17, 15) is 5.26 Å². The molecule has 2 aromatic carbocycles. The van der Waals surface area contributed by atoms with Gasteiger partial charge in [-0.1, -0.05) is 59.3 Å². The Hall–Kier alpha value is -2.64. The molecule has 0 radical (unpaired) electrons. The molecule has 4 heteroatoms. The van der Waals surface area contributed by atoms with E-state index in [-0.39, 0.29) is 0 Å². The molecule has 0 saturated heterocycles. The van der Waals surface area contributed by atoms with Crippen molar-refractivity contribution in [1.82, 2.24) is 4.57 Å². The molecule has 0 atom stereocenters. The lowest BCUT2D eigenvalue weighted by Gasteiger charge is -2.12. The van der Waals surface area contributed by atoms with Crippen LogP contribution in [0.4, 0.5) is 5.69 Å². The van der Waals surface area contributed by atoms with E-state index < -0.39 is 0 Å². The van der Waals surface area contributed by atoms with Crippen molar-refractivity contribution in [2.75, 3.05) is 5.73 Å². The predicted molar refractivity (Wildman–Crippen MR) is 99.1 cm³/mol. The lowest BCUT2D eigenvalue weighted by molar-refractivity contribution is 0.725. The third-order valence-corrected chi connectivity index (χ3v) is 5.01. The Kier molecular flexibility index (Phi) is 4.64. The highest BCUT2D eigenvalue weighted by Crippen LogP contribution is 2.35. The van der Waals surface area contributed by atoms with Crippen LogP contribution < -0.4 is 5.73 Å². The molecule has 1 aromatic heterocycles. The average molecular weight is 333 g/mol. The van der Waals surface area contributed by atoms with Crippen molar-refractivity contribution < 1.29 is 0 Å². The first-order chi connectivity index (χ1) is 11.6. The maximum Gasteiger partial charge on any atom is 0.123 e. The number of benzene rings is 2. The standard InChI is InChI=1S/C20H19N3S/c1-14-6-8-18(9-7-14)24-20-19(22)11-17(12-21)23(20)13-16-5-3-4-15(2)10-16/h3-11H,13,22H2,1-2H3. The number of nitrogens with zero attached hydrogens (tertiary/aromatic N) is 2. The van der Waals surface area contributed by atoms with Gasteiger partial charge in [-0.15, -0.1) is 0 Å². The Morgan fingerprint density at radius 2 is 1.79 bits per heavy atom. The van der Waals surface area contributed by atoms with E-state index in [0.717, 1.165) is 15.5 Å². The van der Waals surface area contributed by atoms with Crippen molar-refractivity contribution >= 4 is 17.4 Å². The largest absolute Gasteiger partial charge is 0.397 e. The molecule has 3 nitrogen and oxygen atoms in total. The summed E-state index contributed by atoms with van der Waals surface area (Å²) in [7, 11) is 0. The molecule has 24 heavy (non-hydrogen) atoms. The number of hydrogen-bond acceptors (Lipinski definition) is 3. The minimum atomic E-state index is 0.587. The van der Waals surface area contributed by atoms with Crippen LogP contribution in [0.5, 0.6) is 0 Å². The summed E-state index contributed by atoms with van der Waals surface area (Å²) >= 11 is 1.60. The fourth-order valence-electron chi connectivity index (χ4n) is 2.63. The van der Waals surface area contributed by atoms with Crippen LogP contribution in [0.2, 0.25) is 0 Å². The van der Waals surface area contributed by atoms with Gasteiger partial charge in [0.2, 0.25) is 0 Å². The van der Waals surface area contributed by atoms with Gasteiger partial charge in [0.15, 0.2) is 0 Å². The Bertz CT molecular complexity index is 902. The maximum atomic E-state index is 9.46. The molecule has 0 amide bonds. The number of nitriles is 1. The Morgan fingerprint density at radius 1 is 1.04 bits per heavy atom. The summed E-state index contributed by atoms with van der Waals surface area (Å²) in [5, 5.41) is 10.4. The molecule has 0 bridgehead atoms. The van der Waals surface area contributed by atoms with E-state index in [2.05, 4.69) is 62.4 Å². The van der Waals surface area contributed by atoms with Crippen LogP contribution in [0.1, 0.15) is 22.4 Å². The van der Waals surface area contributed by atoms with Crippen molar-refractivity contribution in [3.05, 3.63) is 77.0 Å². The number of nitrogen functional groups attached to an aromatic ring is 1. The molecule has 1 heterocycles. The van der Waals surface area contributed by atoms with Gasteiger partial charge in [0, 0.05) is 11.4 Å². The van der Waals surface area contributed by atoms with Gasteiger partial charge in [0.05, 0.1) is 5.69 Å². The minimum Gasteiger partial charge on any atom is -0.397 e. The zero-order valence-electron chi connectivity index (χ0n) is 13.8. The van der Waals surface area contributed by atoms with Gasteiger partial charge in [0.1, 0.15) is 16.8 Å². The Balaban J connectivity index is 1.98. The third-order valence-electron chi connectivity index (χ3n) is 3.85. The van der Waals surface area contributed by atoms with Crippen LogP contribution in [-0.4, -0.2) is 4.57 Å². The summed E-state index contributed by atoms with van der Waals surface area (Å²) < 4.78 is 1.99. The first-order valence-corrected chi connectivity index (χ1v) is 8.57. The van der Waals surface area contributed by atoms with Crippen molar-refractivity contribution in [2.45, 2.75) is 30.3 Å². The lowest BCUT2D eigenvalue weighted by atomic mass is 10.1. The highest BCUT2D eigenvalue weighted by Gasteiger charge is 2.15. The number of aromatic nitrogens is 1. The molecule has 120 valence electrons. The molecular weight excluding hydrogens is 314 g/mol. The van der Waals surface area contributed by atoms with E-state index in [1.807, 2.05) is 10.6 Å². The van der Waals surface area contributed by atoms with Gasteiger partial charge in [0.25, 0.3) is 0 Å². The van der Waals surface area contributed by atoms with Crippen molar-refractivity contribution in [3.63, 3.8) is 0 Å². The number of anilines is 1. The molecule has 2 N–H and O–H groups in total. The molecule has 0 aliphatic rings. The molecule has 0 saturated carbocycles. The topological polar surface area (TPSA) is 54.7 Å². The summed E-state index contributed by atoms with van der Waals surface area (Å²) in [6, 6.07) is 20.7. The minimum absolute atomic E-state index is 0.587. The summed E-state index contributed by atoms with van der Waals surface area (Å²) in [5.74, 6) is 0. The zero-order valence-corrected chi connectivity index (χ0v) is 14.6. The third kappa shape index (κ3) is 3.47. The van der Waals surface area contributed by atoms with Crippen LogP contribution in [0.3, 0.4) is 0 Å². The normalized spacial score (nSPS) is 10.5. The summed E-state index contributed by atoms with van der Waals surface area (Å²) in [6.45, 7) is 4.77. The second-order valence-corrected chi connectivity index (χ2v) is 6.95. The number of hydrogen-bond donors (Lipinski definition) is 1. The monoisotopic (exact) mass is 333 g/mol. The van der Waals surface area contributed by atoms with Crippen LogP contribution in [-0.2, 0) is 6.54 Å². The van der Waals surface area contributed by atoms with E-state index in [1.165, 1.54) is 11.1 Å². The van der Waals surface area contributed by atoms with Gasteiger partial charge in [-0.05, 0) is 37.6 Å². The fraction of sp³-hybridized carbons (Fsp3) is 0.150. The summed E-state index contributed by atoms with van der Waals surface area (Å²) in [5.41, 5.74) is 11.0. The molecule has 0 fully saturated rings. The first-order valence-electron chi connectivity index (χ1n) is 7.76. The molecule has 3 aromatic rings. The highest BCUT2D eigenvalue weighted by atomic mass is 32.2. The van der Waals surface area contributed by atoms with Crippen molar-refractivity contribution in [1.29, 1.82) is 5.26 Å². The molecular formula is C20H19N3S. The van der Waals surface area contributed by atoms with Crippen LogP contribution >= 0.6 is 11.8 Å². The van der Waals surface area contributed by atoms with E-state index in [1.54, 1.807) is 17.8 Å². The molecule has 3 rings (SSSR count). The zero-order chi connectivity index (χ0) is 17.1. The molecule has 0 unspecified atom stereocenters. The van der Waals surface area contributed by atoms with Crippen LogP contribution in [0.15, 0.2) is 64.5 Å². The second kappa shape index (κ2) is 6.86.